The molecule has 1 aliphatic rings. The first-order valence-corrected chi connectivity index (χ1v) is 6.85. The number of halogens is 3. The monoisotopic (exact) mass is 287 g/mol. The first kappa shape index (κ1) is 14.9. The Kier molecular flexibility index (Phi) is 4.40. The van der Waals surface area contributed by atoms with E-state index < -0.39 is 18.1 Å². The van der Waals surface area contributed by atoms with Gasteiger partial charge in [0, 0.05) is 26.3 Å². The van der Waals surface area contributed by atoms with E-state index in [-0.39, 0.29) is 6.42 Å². The van der Waals surface area contributed by atoms with Crippen LogP contribution in [0.4, 0.5) is 24.7 Å². The summed E-state index contributed by atoms with van der Waals surface area (Å²) in [5.41, 5.74) is 0.665. The van der Waals surface area contributed by atoms with Crippen LogP contribution in [0.5, 0.6) is 0 Å². The third kappa shape index (κ3) is 3.35. The molecule has 0 radical (unpaired) electrons. The first-order chi connectivity index (χ1) is 9.39. The minimum atomic E-state index is -4.14. The van der Waals surface area contributed by atoms with E-state index in [1.165, 1.54) is 0 Å². The third-order valence-corrected chi connectivity index (χ3v) is 3.74. The minimum Gasteiger partial charge on any atom is -0.379 e. The number of rotatable bonds is 3. The number of pyridine rings is 1. The molecule has 1 heterocycles. The second-order valence-corrected chi connectivity index (χ2v) is 5.45. The lowest BCUT2D eigenvalue weighted by Crippen LogP contribution is -2.41. The lowest BCUT2D eigenvalue weighted by atomic mass is 9.84. The standard InChI is InChI=1S/C14H20F3N3/c1-20(2)13-12(8-5-9-18-13)19-11-7-4-3-6-10(11)14(15,16)17/h5,8-11,19H,3-4,6-7H2,1-2H3. The second kappa shape index (κ2) is 5.89. The summed E-state index contributed by atoms with van der Waals surface area (Å²) in [5, 5.41) is 3.06. The van der Waals surface area contributed by atoms with Crippen LogP contribution in [0.1, 0.15) is 25.7 Å². The van der Waals surface area contributed by atoms with E-state index in [1.54, 1.807) is 23.2 Å². The fourth-order valence-electron chi connectivity index (χ4n) is 2.76. The molecule has 0 saturated heterocycles. The van der Waals surface area contributed by atoms with Crippen LogP contribution < -0.4 is 10.2 Å². The Bertz CT molecular complexity index is 446. The molecule has 2 atom stereocenters. The largest absolute Gasteiger partial charge is 0.393 e. The van der Waals surface area contributed by atoms with Crippen LogP contribution in [0.15, 0.2) is 18.3 Å². The van der Waals surface area contributed by atoms with Crippen molar-refractivity contribution in [1.82, 2.24) is 4.98 Å². The van der Waals surface area contributed by atoms with E-state index in [2.05, 4.69) is 10.3 Å². The van der Waals surface area contributed by atoms with Gasteiger partial charge in [0.25, 0.3) is 0 Å². The van der Waals surface area contributed by atoms with Crippen molar-refractivity contribution < 1.29 is 13.2 Å². The van der Waals surface area contributed by atoms with Crippen molar-refractivity contribution in [3.63, 3.8) is 0 Å². The zero-order chi connectivity index (χ0) is 14.8. The van der Waals surface area contributed by atoms with Crippen molar-refractivity contribution in [1.29, 1.82) is 0 Å². The first-order valence-electron chi connectivity index (χ1n) is 6.85. The van der Waals surface area contributed by atoms with E-state index in [4.69, 9.17) is 0 Å². The molecule has 1 aromatic rings. The molecule has 0 bridgehead atoms. The normalized spacial score (nSPS) is 23.4. The number of alkyl halides is 3. The van der Waals surface area contributed by atoms with Gasteiger partial charge < -0.3 is 10.2 Å². The highest BCUT2D eigenvalue weighted by molar-refractivity contribution is 5.65. The number of hydrogen-bond donors (Lipinski definition) is 1. The summed E-state index contributed by atoms with van der Waals surface area (Å²) in [6.07, 6.45) is -0.260. The molecule has 6 heteroatoms. The smallest absolute Gasteiger partial charge is 0.379 e. The van der Waals surface area contributed by atoms with E-state index >= 15 is 0 Å². The maximum atomic E-state index is 13.1. The number of aromatic nitrogens is 1. The predicted molar refractivity (Wildman–Crippen MR) is 74.0 cm³/mol. The summed E-state index contributed by atoms with van der Waals surface area (Å²) in [5.74, 6) is -0.606. The fourth-order valence-corrected chi connectivity index (χ4v) is 2.76. The quantitative estimate of drug-likeness (QED) is 0.919. The summed E-state index contributed by atoms with van der Waals surface area (Å²) in [4.78, 5) is 6.01. The Labute approximate surface area is 117 Å². The summed E-state index contributed by atoms with van der Waals surface area (Å²) in [6.45, 7) is 0. The molecule has 0 aliphatic heterocycles. The lowest BCUT2D eigenvalue weighted by molar-refractivity contribution is -0.184. The van der Waals surface area contributed by atoms with Crippen molar-refractivity contribution in [2.75, 3.05) is 24.3 Å². The maximum Gasteiger partial charge on any atom is 0.393 e. The summed E-state index contributed by atoms with van der Waals surface area (Å²) >= 11 is 0. The molecular formula is C14H20F3N3. The van der Waals surface area contributed by atoms with Crippen molar-refractivity contribution in [3.05, 3.63) is 18.3 Å². The van der Waals surface area contributed by atoms with E-state index in [0.717, 1.165) is 6.42 Å². The molecule has 0 aromatic carbocycles. The summed E-state index contributed by atoms with van der Waals surface area (Å²) in [7, 11) is 3.66. The van der Waals surface area contributed by atoms with Crippen LogP contribution in [-0.2, 0) is 0 Å². The molecule has 0 amide bonds. The van der Waals surface area contributed by atoms with Crippen molar-refractivity contribution in [3.8, 4) is 0 Å². The van der Waals surface area contributed by atoms with Gasteiger partial charge in [-0.1, -0.05) is 12.8 Å². The Morgan fingerprint density at radius 1 is 1.25 bits per heavy atom. The van der Waals surface area contributed by atoms with E-state index in [9.17, 15) is 13.2 Å². The highest BCUT2D eigenvalue weighted by atomic mass is 19.4. The Morgan fingerprint density at radius 3 is 2.60 bits per heavy atom. The van der Waals surface area contributed by atoms with Crippen LogP contribution in [-0.4, -0.2) is 31.3 Å². The minimum absolute atomic E-state index is 0.207. The molecule has 20 heavy (non-hydrogen) atoms. The fraction of sp³-hybridized carbons (Fsp3) is 0.643. The predicted octanol–water partition coefficient (Wildman–Crippen LogP) is 3.68. The van der Waals surface area contributed by atoms with Gasteiger partial charge in [-0.3, -0.25) is 0 Å². The highest BCUT2D eigenvalue weighted by Crippen LogP contribution is 2.39. The molecule has 2 rings (SSSR count). The van der Waals surface area contributed by atoms with Gasteiger partial charge in [-0.25, -0.2) is 4.98 Å². The molecule has 2 unspecified atom stereocenters. The van der Waals surface area contributed by atoms with Gasteiger partial charge in [0.1, 0.15) is 0 Å². The van der Waals surface area contributed by atoms with E-state index in [0.29, 0.717) is 24.3 Å². The van der Waals surface area contributed by atoms with Crippen molar-refractivity contribution in [2.45, 2.75) is 37.9 Å². The average Bonchev–Trinajstić information content (AvgIpc) is 2.38. The van der Waals surface area contributed by atoms with Crippen LogP contribution in [0.2, 0.25) is 0 Å². The van der Waals surface area contributed by atoms with Gasteiger partial charge in [-0.05, 0) is 25.0 Å². The Morgan fingerprint density at radius 2 is 1.95 bits per heavy atom. The van der Waals surface area contributed by atoms with Gasteiger partial charge in [0.15, 0.2) is 5.82 Å². The van der Waals surface area contributed by atoms with Gasteiger partial charge in [-0.15, -0.1) is 0 Å². The molecular weight excluding hydrogens is 267 g/mol. The SMILES string of the molecule is CN(C)c1ncccc1NC1CCCCC1C(F)(F)F. The van der Waals surface area contributed by atoms with E-state index in [1.807, 2.05) is 14.1 Å². The third-order valence-electron chi connectivity index (χ3n) is 3.74. The number of nitrogens with zero attached hydrogens (tertiary/aromatic N) is 2. The zero-order valence-electron chi connectivity index (χ0n) is 11.7. The summed E-state index contributed by atoms with van der Waals surface area (Å²) < 4.78 is 39.3. The molecule has 1 saturated carbocycles. The van der Waals surface area contributed by atoms with Gasteiger partial charge >= 0.3 is 6.18 Å². The zero-order valence-corrected chi connectivity index (χ0v) is 11.7. The van der Waals surface area contributed by atoms with Gasteiger partial charge in [0.05, 0.1) is 11.6 Å². The van der Waals surface area contributed by atoms with Crippen molar-refractivity contribution in [2.24, 2.45) is 5.92 Å². The van der Waals surface area contributed by atoms with Crippen LogP contribution in [0, 0.1) is 5.92 Å². The Balaban J connectivity index is 2.19. The van der Waals surface area contributed by atoms with Crippen LogP contribution >= 0.6 is 0 Å². The van der Waals surface area contributed by atoms with Gasteiger partial charge in [0.2, 0.25) is 0 Å². The molecule has 1 aliphatic carbocycles. The molecule has 0 spiro atoms. The van der Waals surface area contributed by atoms with Gasteiger partial charge in [-0.2, -0.15) is 13.2 Å². The number of nitrogens with one attached hydrogen (secondary N) is 1. The number of hydrogen-bond acceptors (Lipinski definition) is 3. The Hall–Kier alpha value is -1.46. The summed E-state index contributed by atoms with van der Waals surface area (Å²) in [6, 6.07) is 2.96. The van der Waals surface area contributed by atoms with Crippen LogP contribution in [0.25, 0.3) is 0 Å². The molecule has 1 N–H and O–H groups in total. The molecule has 1 aromatic heterocycles. The van der Waals surface area contributed by atoms with Crippen molar-refractivity contribution >= 4 is 11.5 Å². The lowest BCUT2D eigenvalue weighted by Gasteiger charge is -2.34. The average molecular weight is 287 g/mol. The second-order valence-electron chi connectivity index (χ2n) is 5.45. The molecule has 112 valence electrons. The maximum absolute atomic E-state index is 13.1. The highest BCUT2D eigenvalue weighted by Gasteiger charge is 2.45. The van der Waals surface area contributed by atoms with Crippen LogP contribution in [0.3, 0.4) is 0 Å². The molecule has 3 nitrogen and oxygen atoms in total. The molecule has 1 fully saturated rings. The topological polar surface area (TPSA) is 28.2 Å². The number of anilines is 2.